The van der Waals surface area contributed by atoms with Crippen LogP contribution >= 0.6 is 11.3 Å². The van der Waals surface area contributed by atoms with Crippen molar-refractivity contribution in [2.24, 2.45) is 0 Å². The molecule has 2 rings (SSSR count). The van der Waals surface area contributed by atoms with E-state index in [1.807, 2.05) is 24.4 Å². The molecule has 1 N–H and O–H groups in total. The molecule has 4 nitrogen and oxygen atoms in total. The number of aryl methyl sites for hydroxylation is 1. The molecule has 0 radical (unpaired) electrons. The van der Waals surface area contributed by atoms with Crippen molar-refractivity contribution in [2.45, 2.75) is 13.3 Å². The van der Waals surface area contributed by atoms with Gasteiger partial charge in [-0.05, 0) is 19.1 Å². The Morgan fingerprint density at radius 1 is 1.47 bits per heavy atom. The number of amides is 1. The predicted molar refractivity (Wildman–Crippen MR) is 67.1 cm³/mol. The summed E-state index contributed by atoms with van der Waals surface area (Å²) in [4.78, 5) is 20.0. The zero-order valence-corrected chi connectivity index (χ0v) is 10.3. The van der Waals surface area contributed by atoms with Gasteiger partial charge >= 0.3 is 0 Å². The van der Waals surface area contributed by atoms with Gasteiger partial charge in [-0.15, -0.1) is 11.3 Å². The van der Waals surface area contributed by atoms with Crippen molar-refractivity contribution in [1.29, 1.82) is 0 Å². The minimum absolute atomic E-state index is 0.134. The number of aromatic nitrogens is 2. The summed E-state index contributed by atoms with van der Waals surface area (Å²) in [6.45, 7) is 2.45. The number of hydrogen-bond acceptors (Lipinski definition) is 4. The molecule has 0 aromatic carbocycles. The average molecular weight is 247 g/mol. The number of pyridine rings is 1. The molecule has 5 heteroatoms. The fourth-order valence-electron chi connectivity index (χ4n) is 1.42. The Morgan fingerprint density at radius 3 is 3.06 bits per heavy atom. The molecule has 88 valence electrons. The van der Waals surface area contributed by atoms with Crippen LogP contribution in [0.3, 0.4) is 0 Å². The van der Waals surface area contributed by atoms with E-state index < -0.39 is 0 Å². The minimum atomic E-state index is -0.134. The second kappa shape index (κ2) is 5.54. The van der Waals surface area contributed by atoms with E-state index in [-0.39, 0.29) is 5.91 Å². The van der Waals surface area contributed by atoms with E-state index in [1.165, 1.54) is 0 Å². The summed E-state index contributed by atoms with van der Waals surface area (Å²) in [5, 5.41) is 5.79. The number of nitrogens with one attached hydrogen (secondary N) is 1. The third-order valence-electron chi connectivity index (χ3n) is 2.23. The van der Waals surface area contributed by atoms with Gasteiger partial charge in [0.1, 0.15) is 5.69 Å². The van der Waals surface area contributed by atoms with Crippen LogP contribution in [0.15, 0.2) is 29.8 Å². The van der Waals surface area contributed by atoms with Gasteiger partial charge in [0.05, 0.1) is 5.01 Å². The van der Waals surface area contributed by atoms with Crippen LogP contribution in [0.2, 0.25) is 0 Å². The van der Waals surface area contributed by atoms with Crippen LogP contribution in [0.4, 0.5) is 0 Å². The number of carbonyl (C=O) groups excluding carboxylic acids is 1. The molecule has 0 saturated carbocycles. The molecule has 0 aliphatic carbocycles. The van der Waals surface area contributed by atoms with Crippen LogP contribution in [0.1, 0.15) is 21.2 Å². The van der Waals surface area contributed by atoms with E-state index in [4.69, 9.17) is 0 Å². The van der Waals surface area contributed by atoms with Gasteiger partial charge < -0.3 is 5.32 Å². The maximum absolute atomic E-state index is 11.7. The molecule has 2 heterocycles. The highest BCUT2D eigenvalue weighted by molar-refractivity contribution is 7.09. The van der Waals surface area contributed by atoms with Gasteiger partial charge in [0.25, 0.3) is 5.91 Å². The molecule has 0 aliphatic rings. The third-order valence-corrected chi connectivity index (χ3v) is 3.07. The zero-order valence-electron chi connectivity index (χ0n) is 9.51. The van der Waals surface area contributed by atoms with Crippen LogP contribution in [0.25, 0.3) is 0 Å². The molecule has 0 bridgehead atoms. The lowest BCUT2D eigenvalue weighted by atomic mass is 10.3. The van der Waals surface area contributed by atoms with E-state index in [2.05, 4.69) is 15.3 Å². The van der Waals surface area contributed by atoms with E-state index in [0.29, 0.717) is 12.2 Å². The summed E-state index contributed by atoms with van der Waals surface area (Å²) < 4.78 is 0. The topological polar surface area (TPSA) is 54.9 Å². The molecular weight excluding hydrogens is 234 g/mol. The van der Waals surface area contributed by atoms with Crippen LogP contribution in [0.5, 0.6) is 0 Å². The van der Waals surface area contributed by atoms with Crippen LogP contribution < -0.4 is 5.32 Å². The zero-order chi connectivity index (χ0) is 12.1. The Balaban J connectivity index is 1.85. The van der Waals surface area contributed by atoms with Crippen molar-refractivity contribution in [3.05, 3.63) is 46.2 Å². The highest BCUT2D eigenvalue weighted by atomic mass is 32.1. The number of nitrogens with zero attached hydrogens (tertiary/aromatic N) is 2. The average Bonchev–Trinajstić information content (AvgIpc) is 2.82. The van der Waals surface area contributed by atoms with Crippen molar-refractivity contribution in [2.75, 3.05) is 6.54 Å². The second-order valence-electron chi connectivity index (χ2n) is 3.60. The first-order valence-corrected chi connectivity index (χ1v) is 6.24. The summed E-state index contributed by atoms with van der Waals surface area (Å²) >= 11 is 1.59. The largest absolute Gasteiger partial charge is 0.350 e. The molecule has 0 atom stereocenters. The van der Waals surface area contributed by atoms with Crippen molar-refractivity contribution in [3.8, 4) is 0 Å². The van der Waals surface area contributed by atoms with Crippen molar-refractivity contribution in [1.82, 2.24) is 15.3 Å². The fourth-order valence-corrected chi connectivity index (χ4v) is 2.04. The lowest BCUT2D eigenvalue weighted by Gasteiger charge is -2.03. The fraction of sp³-hybridized carbons (Fsp3) is 0.250. The summed E-state index contributed by atoms with van der Waals surface area (Å²) in [5.41, 5.74) is 1.31. The highest BCUT2D eigenvalue weighted by Gasteiger charge is 2.06. The van der Waals surface area contributed by atoms with Gasteiger partial charge in [0.15, 0.2) is 0 Å². The molecule has 2 aromatic heterocycles. The van der Waals surface area contributed by atoms with E-state index in [1.54, 1.807) is 23.6 Å². The first-order valence-electron chi connectivity index (χ1n) is 5.36. The molecule has 17 heavy (non-hydrogen) atoms. The van der Waals surface area contributed by atoms with Crippen molar-refractivity contribution < 1.29 is 4.79 Å². The molecule has 0 fully saturated rings. The van der Waals surface area contributed by atoms with Gasteiger partial charge in [0.2, 0.25) is 0 Å². The number of rotatable bonds is 4. The Labute approximate surface area is 104 Å². The first-order chi connectivity index (χ1) is 8.25. The maximum Gasteiger partial charge on any atom is 0.269 e. The number of hydrogen-bond donors (Lipinski definition) is 1. The minimum Gasteiger partial charge on any atom is -0.350 e. The predicted octanol–water partition coefficient (Wildman–Crippen LogP) is 1.82. The molecular formula is C12H13N3OS. The van der Waals surface area contributed by atoms with Crippen molar-refractivity contribution in [3.63, 3.8) is 0 Å². The SMILES string of the molecule is Cc1cccc(C(=O)NCCc2nccs2)n1. The smallest absolute Gasteiger partial charge is 0.269 e. The molecule has 1 amide bonds. The van der Waals surface area contributed by atoms with Crippen LogP contribution in [-0.4, -0.2) is 22.4 Å². The molecule has 0 spiro atoms. The quantitative estimate of drug-likeness (QED) is 0.896. The highest BCUT2D eigenvalue weighted by Crippen LogP contribution is 2.04. The van der Waals surface area contributed by atoms with Gasteiger partial charge in [-0.2, -0.15) is 0 Å². The second-order valence-corrected chi connectivity index (χ2v) is 4.58. The molecule has 0 aliphatic heterocycles. The Morgan fingerprint density at radius 2 is 2.35 bits per heavy atom. The van der Waals surface area contributed by atoms with Gasteiger partial charge in [-0.1, -0.05) is 6.07 Å². The Kier molecular flexibility index (Phi) is 3.82. The molecule has 2 aromatic rings. The van der Waals surface area contributed by atoms with Gasteiger partial charge in [0, 0.05) is 30.2 Å². The van der Waals surface area contributed by atoms with E-state index >= 15 is 0 Å². The maximum atomic E-state index is 11.7. The van der Waals surface area contributed by atoms with E-state index in [9.17, 15) is 4.79 Å². The van der Waals surface area contributed by atoms with Gasteiger partial charge in [-0.25, -0.2) is 9.97 Å². The summed E-state index contributed by atoms with van der Waals surface area (Å²) in [6.07, 6.45) is 2.53. The number of thiazole rings is 1. The standard InChI is InChI=1S/C12H13N3OS/c1-9-3-2-4-10(15-9)12(16)14-6-5-11-13-7-8-17-11/h2-4,7-8H,5-6H2,1H3,(H,14,16). The number of carbonyl (C=O) groups is 1. The Bertz CT molecular complexity index is 496. The molecule has 0 unspecified atom stereocenters. The third kappa shape index (κ3) is 3.35. The summed E-state index contributed by atoms with van der Waals surface area (Å²) in [7, 11) is 0. The van der Waals surface area contributed by atoms with Crippen molar-refractivity contribution >= 4 is 17.2 Å². The summed E-state index contributed by atoms with van der Waals surface area (Å²) in [5.74, 6) is -0.134. The lowest BCUT2D eigenvalue weighted by Crippen LogP contribution is -2.26. The molecule has 0 saturated heterocycles. The lowest BCUT2D eigenvalue weighted by molar-refractivity contribution is 0.0949. The first kappa shape index (κ1) is 11.7. The normalized spacial score (nSPS) is 10.2. The van der Waals surface area contributed by atoms with Crippen LogP contribution in [-0.2, 0) is 6.42 Å². The van der Waals surface area contributed by atoms with E-state index in [0.717, 1.165) is 17.1 Å². The Hall–Kier alpha value is -1.75. The van der Waals surface area contributed by atoms with Crippen LogP contribution in [0, 0.1) is 6.92 Å². The summed E-state index contributed by atoms with van der Waals surface area (Å²) in [6, 6.07) is 5.41. The van der Waals surface area contributed by atoms with Gasteiger partial charge in [-0.3, -0.25) is 4.79 Å². The monoisotopic (exact) mass is 247 g/mol.